The van der Waals surface area contributed by atoms with Gasteiger partial charge in [0.25, 0.3) is 0 Å². The molecule has 0 aliphatic carbocycles. The Morgan fingerprint density at radius 3 is 2.81 bits per heavy atom. The molecule has 3 atom stereocenters. The molecule has 3 unspecified atom stereocenters. The van der Waals surface area contributed by atoms with Gasteiger partial charge in [-0.25, -0.2) is 0 Å². The Morgan fingerprint density at radius 2 is 2.38 bits per heavy atom. The third-order valence-corrected chi connectivity index (χ3v) is 3.25. The van der Waals surface area contributed by atoms with Crippen LogP contribution in [0.2, 0.25) is 0 Å². The predicted octanol–water partition coefficient (Wildman–Crippen LogP) is 0.982. The maximum atomic E-state index is 11.8. The minimum absolute atomic E-state index is 0.0263. The van der Waals surface area contributed by atoms with Gasteiger partial charge in [0.05, 0.1) is 23.1 Å². The summed E-state index contributed by atoms with van der Waals surface area (Å²) >= 11 is 4.87. The third-order valence-electron chi connectivity index (χ3n) is 2.96. The highest BCUT2D eigenvalue weighted by molar-refractivity contribution is 7.80. The summed E-state index contributed by atoms with van der Waals surface area (Å²) in [5, 5.41) is 2.92. The molecular formula is C11H20N2O2S. The van der Waals surface area contributed by atoms with Crippen LogP contribution in [0.25, 0.3) is 0 Å². The lowest BCUT2D eigenvalue weighted by Crippen LogP contribution is -2.46. The smallest absolute Gasteiger partial charge is 0.230 e. The summed E-state index contributed by atoms with van der Waals surface area (Å²) < 4.78 is 5.51. The largest absolute Gasteiger partial charge is 0.393 e. The SMILES string of the molecule is CCC(C(=O)NC(C)C1CCCO1)C(N)=S. The summed E-state index contributed by atoms with van der Waals surface area (Å²) in [6, 6.07) is 0.0263. The molecule has 0 bridgehead atoms. The molecule has 16 heavy (non-hydrogen) atoms. The second kappa shape index (κ2) is 6.15. The van der Waals surface area contributed by atoms with Crippen LogP contribution in [0.5, 0.6) is 0 Å². The lowest BCUT2D eigenvalue weighted by atomic mass is 10.0. The minimum atomic E-state index is -0.362. The van der Waals surface area contributed by atoms with Crippen molar-refractivity contribution in [3.8, 4) is 0 Å². The minimum Gasteiger partial charge on any atom is -0.393 e. The van der Waals surface area contributed by atoms with Crippen LogP contribution in [-0.2, 0) is 9.53 Å². The van der Waals surface area contributed by atoms with E-state index in [1.54, 1.807) is 0 Å². The Bertz CT molecular complexity index is 265. The van der Waals surface area contributed by atoms with Crippen molar-refractivity contribution in [3.05, 3.63) is 0 Å². The van der Waals surface area contributed by atoms with Crippen LogP contribution < -0.4 is 11.1 Å². The molecule has 3 N–H and O–H groups in total. The van der Waals surface area contributed by atoms with E-state index in [-0.39, 0.29) is 29.0 Å². The van der Waals surface area contributed by atoms with Crippen molar-refractivity contribution < 1.29 is 9.53 Å². The summed E-state index contributed by atoms with van der Waals surface area (Å²) in [6.45, 7) is 4.65. The highest BCUT2D eigenvalue weighted by atomic mass is 32.1. The molecule has 0 saturated carbocycles. The number of hydrogen-bond acceptors (Lipinski definition) is 3. The van der Waals surface area contributed by atoms with Gasteiger partial charge < -0.3 is 15.8 Å². The van der Waals surface area contributed by atoms with Gasteiger partial charge in [0.2, 0.25) is 5.91 Å². The third kappa shape index (κ3) is 3.42. The van der Waals surface area contributed by atoms with Crippen molar-refractivity contribution in [1.29, 1.82) is 0 Å². The summed E-state index contributed by atoms with van der Waals surface area (Å²) in [5.74, 6) is -0.447. The Balaban J connectivity index is 2.45. The van der Waals surface area contributed by atoms with E-state index in [1.807, 2.05) is 13.8 Å². The number of amides is 1. The first kappa shape index (κ1) is 13.4. The lowest BCUT2D eigenvalue weighted by molar-refractivity contribution is -0.124. The number of carbonyl (C=O) groups excluding carboxylic acids is 1. The fraction of sp³-hybridized carbons (Fsp3) is 0.818. The molecule has 4 nitrogen and oxygen atoms in total. The van der Waals surface area contributed by atoms with Gasteiger partial charge in [-0.2, -0.15) is 0 Å². The zero-order valence-electron chi connectivity index (χ0n) is 9.86. The average Bonchev–Trinajstić information content (AvgIpc) is 2.70. The molecule has 1 fully saturated rings. The van der Waals surface area contributed by atoms with E-state index in [1.165, 1.54) is 0 Å². The molecule has 1 aliphatic heterocycles. The predicted molar refractivity (Wildman–Crippen MR) is 67.1 cm³/mol. The van der Waals surface area contributed by atoms with Gasteiger partial charge in [-0.3, -0.25) is 4.79 Å². The number of rotatable bonds is 5. The average molecular weight is 244 g/mol. The summed E-state index contributed by atoms with van der Waals surface area (Å²) in [6.07, 6.45) is 2.84. The quantitative estimate of drug-likeness (QED) is 0.708. The lowest BCUT2D eigenvalue weighted by Gasteiger charge is -2.22. The highest BCUT2D eigenvalue weighted by Gasteiger charge is 2.26. The van der Waals surface area contributed by atoms with Crippen molar-refractivity contribution in [2.75, 3.05) is 6.61 Å². The second-order valence-corrected chi connectivity index (χ2v) is 4.68. The monoisotopic (exact) mass is 244 g/mol. The molecule has 1 aliphatic rings. The first-order valence-corrected chi connectivity index (χ1v) is 6.18. The molecule has 1 amide bonds. The molecular weight excluding hydrogens is 224 g/mol. The number of carbonyl (C=O) groups is 1. The number of hydrogen-bond donors (Lipinski definition) is 2. The second-order valence-electron chi connectivity index (χ2n) is 4.21. The van der Waals surface area contributed by atoms with Gasteiger partial charge in [0, 0.05) is 6.61 Å². The molecule has 1 heterocycles. The summed E-state index contributed by atoms with van der Waals surface area (Å²) in [4.78, 5) is 12.1. The van der Waals surface area contributed by atoms with Gasteiger partial charge in [0.1, 0.15) is 0 Å². The normalized spacial score (nSPS) is 23.8. The van der Waals surface area contributed by atoms with Gasteiger partial charge in [0.15, 0.2) is 0 Å². The maximum Gasteiger partial charge on any atom is 0.230 e. The molecule has 92 valence electrons. The molecule has 5 heteroatoms. The molecule has 0 aromatic rings. The van der Waals surface area contributed by atoms with E-state index in [4.69, 9.17) is 22.7 Å². The first-order chi connectivity index (χ1) is 7.56. The first-order valence-electron chi connectivity index (χ1n) is 5.77. The van der Waals surface area contributed by atoms with Crippen molar-refractivity contribution in [1.82, 2.24) is 5.32 Å². The van der Waals surface area contributed by atoms with E-state index in [2.05, 4.69) is 5.32 Å². The van der Waals surface area contributed by atoms with Crippen LogP contribution in [0, 0.1) is 5.92 Å². The van der Waals surface area contributed by atoms with E-state index in [0.29, 0.717) is 6.42 Å². The molecule has 1 rings (SSSR count). The molecule has 0 aromatic carbocycles. The Kier molecular flexibility index (Phi) is 5.15. The standard InChI is InChI=1S/C11H20N2O2S/c1-3-8(10(12)16)11(14)13-7(2)9-5-4-6-15-9/h7-9H,3-6H2,1-2H3,(H2,12,16)(H,13,14). The highest BCUT2D eigenvalue weighted by Crippen LogP contribution is 2.16. The summed E-state index contributed by atoms with van der Waals surface area (Å²) in [7, 11) is 0. The Morgan fingerprint density at radius 1 is 1.69 bits per heavy atom. The van der Waals surface area contributed by atoms with Crippen molar-refractivity contribution >= 4 is 23.1 Å². The summed E-state index contributed by atoms with van der Waals surface area (Å²) in [5.41, 5.74) is 5.52. The van der Waals surface area contributed by atoms with Gasteiger partial charge in [-0.1, -0.05) is 19.1 Å². The van der Waals surface area contributed by atoms with Crippen LogP contribution >= 0.6 is 12.2 Å². The molecule has 0 aromatic heterocycles. The van der Waals surface area contributed by atoms with E-state index >= 15 is 0 Å². The maximum absolute atomic E-state index is 11.8. The van der Waals surface area contributed by atoms with Gasteiger partial charge in [-0.05, 0) is 26.2 Å². The van der Waals surface area contributed by atoms with E-state index in [0.717, 1.165) is 19.4 Å². The van der Waals surface area contributed by atoms with E-state index in [9.17, 15) is 4.79 Å². The number of thiocarbonyl (C=S) groups is 1. The van der Waals surface area contributed by atoms with Gasteiger partial charge >= 0.3 is 0 Å². The molecule has 0 spiro atoms. The van der Waals surface area contributed by atoms with Crippen molar-refractivity contribution in [2.24, 2.45) is 11.7 Å². The van der Waals surface area contributed by atoms with Crippen LogP contribution in [0.3, 0.4) is 0 Å². The fourth-order valence-electron chi connectivity index (χ4n) is 1.93. The molecule has 0 radical (unpaired) electrons. The van der Waals surface area contributed by atoms with Gasteiger partial charge in [-0.15, -0.1) is 0 Å². The Hall–Kier alpha value is -0.680. The fourth-order valence-corrected chi connectivity index (χ4v) is 2.20. The van der Waals surface area contributed by atoms with Crippen molar-refractivity contribution in [3.63, 3.8) is 0 Å². The van der Waals surface area contributed by atoms with Crippen molar-refractivity contribution in [2.45, 2.75) is 45.3 Å². The van der Waals surface area contributed by atoms with Crippen LogP contribution in [0.15, 0.2) is 0 Å². The van der Waals surface area contributed by atoms with Crippen LogP contribution in [0.4, 0.5) is 0 Å². The Labute approximate surface area is 102 Å². The number of ether oxygens (including phenoxy) is 1. The van der Waals surface area contributed by atoms with Crippen LogP contribution in [-0.4, -0.2) is 29.6 Å². The number of nitrogens with two attached hydrogens (primary N) is 1. The van der Waals surface area contributed by atoms with E-state index < -0.39 is 0 Å². The van der Waals surface area contributed by atoms with Crippen LogP contribution in [0.1, 0.15) is 33.1 Å². The zero-order chi connectivity index (χ0) is 12.1. The molecule has 1 saturated heterocycles. The zero-order valence-corrected chi connectivity index (χ0v) is 10.7. The topological polar surface area (TPSA) is 64.3 Å². The number of nitrogens with one attached hydrogen (secondary N) is 1.